The maximum Gasteiger partial charge on any atom is 0.306 e. The Morgan fingerprint density at radius 2 is 2.08 bits per heavy atom. The Morgan fingerprint density at radius 1 is 1.42 bits per heavy atom. The summed E-state index contributed by atoms with van der Waals surface area (Å²) in [5.74, 6) is -0.851. The van der Waals surface area contributed by atoms with Crippen LogP contribution in [0.25, 0.3) is 0 Å². The van der Waals surface area contributed by atoms with Crippen molar-refractivity contribution in [2.45, 2.75) is 38.2 Å². The minimum atomic E-state index is -0.668. The Bertz CT molecular complexity index is 156. The number of ether oxygens (including phenoxy) is 1. The van der Waals surface area contributed by atoms with Crippen molar-refractivity contribution in [3.8, 4) is 0 Å². The number of methoxy groups -OCH3 is 1. The smallest absolute Gasteiger partial charge is 0.306 e. The summed E-state index contributed by atoms with van der Waals surface area (Å²) in [6.45, 7) is 0. The molecule has 0 radical (unpaired) electrons. The Kier molecular flexibility index (Phi) is 3.53. The number of carboxylic acids is 1. The van der Waals surface area contributed by atoms with E-state index in [1.54, 1.807) is 7.11 Å². The van der Waals surface area contributed by atoms with Crippen molar-refractivity contribution < 1.29 is 14.6 Å². The first-order valence-corrected chi connectivity index (χ1v) is 4.49. The van der Waals surface area contributed by atoms with Crippen LogP contribution >= 0.6 is 0 Å². The first kappa shape index (κ1) is 9.52. The maximum absolute atomic E-state index is 10.7. The normalized spacial score (nSPS) is 31.1. The number of carboxylic acid groups (broad SMARTS) is 1. The summed E-state index contributed by atoms with van der Waals surface area (Å²) in [5, 5.41) is 8.82. The van der Waals surface area contributed by atoms with E-state index in [4.69, 9.17) is 9.84 Å². The molecule has 0 spiro atoms. The van der Waals surface area contributed by atoms with Gasteiger partial charge in [-0.1, -0.05) is 12.8 Å². The van der Waals surface area contributed by atoms with E-state index in [1.165, 1.54) is 0 Å². The van der Waals surface area contributed by atoms with Gasteiger partial charge in [0.1, 0.15) is 0 Å². The Balaban J connectivity index is 2.47. The summed E-state index contributed by atoms with van der Waals surface area (Å²) < 4.78 is 5.19. The lowest BCUT2D eigenvalue weighted by Gasteiger charge is -2.14. The number of hydrogen-bond acceptors (Lipinski definition) is 2. The Morgan fingerprint density at radius 3 is 2.67 bits per heavy atom. The average Bonchev–Trinajstić information content (AvgIpc) is 2.28. The quantitative estimate of drug-likeness (QED) is 0.644. The monoisotopic (exact) mass is 172 g/mol. The standard InChI is InChI=1S/C9H16O3/c1-12-8-5-3-2-4-7(6-8)9(10)11/h7-8H,2-6H2,1H3,(H,10,11). The van der Waals surface area contributed by atoms with Gasteiger partial charge in [-0.15, -0.1) is 0 Å². The van der Waals surface area contributed by atoms with Gasteiger partial charge in [0.25, 0.3) is 0 Å². The molecule has 1 saturated carbocycles. The molecule has 0 heterocycles. The highest BCUT2D eigenvalue weighted by Crippen LogP contribution is 2.24. The number of carbonyl (C=O) groups is 1. The lowest BCUT2D eigenvalue weighted by Crippen LogP contribution is -2.19. The van der Waals surface area contributed by atoms with Crippen LogP contribution in [0.1, 0.15) is 32.1 Å². The van der Waals surface area contributed by atoms with Gasteiger partial charge in [-0.25, -0.2) is 0 Å². The highest BCUT2D eigenvalue weighted by molar-refractivity contribution is 5.69. The van der Waals surface area contributed by atoms with E-state index >= 15 is 0 Å². The first-order chi connectivity index (χ1) is 5.74. The summed E-state index contributed by atoms with van der Waals surface area (Å²) in [7, 11) is 1.66. The van der Waals surface area contributed by atoms with Gasteiger partial charge in [0, 0.05) is 7.11 Å². The summed E-state index contributed by atoms with van der Waals surface area (Å²) in [6.07, 6.45) is 4.80. The number of aliphatic carboxylic acids is 1. The third kappa shape index (κ3) is 2.48. The predicted molar refractivity (Wildman–Crippen MR) is 45.0 cm³/mol. The maximum atomic E-state index is 10.7. The van der Waals surface area contributed by atoms with Crippen molar-refractivity contribution >= 4 is 5.97 Å². The molecule has 0 aliphatic heterocycles. The second-order valence-corrected chi connectivity index (χ2v) is 3.41. The van der Waals surface area contributed by atoms with E-state index in [9.17, 15) is 4.79 Å². The SMILES string of the molecule is COC1CCCCC(C(=O)O)C1. The second-order valence-electron chi connectivity index (χ2n) is 3.41. The lowest BCUT2D eigenvalue weighted by molar-refractivity contribution is -0.143. The van der Waals surface area contributed by atoms with E-state index in [2.05, 4.69) is 0 Å². The number of rotatable bonds is 2. The molecule has 3 nitrogen and oxygen atoms in total. The van der Waals surface area contributed by atoms with E-state index in [0.717, 1.165) is 25.7 Å². The van der Waals surface area contributed by atoms with Crippen molar-refractivity contribution in [3.63, 3.8) is 0 Å². The van der Waals surface area contributed by atoms with Gasteiger partial charge in [-0.3, -0.25) is 4.79 Å². The molecule has 1 aliphatic rings. The molecule has 2 atom stereocenters. The highest BCUT2D eigenvalue weighted by Gasteiger charge is 2.24. The van der Waals surface area contributed by atoms with Gasteiger partial charge < -0.3 is 9.84 Å². The Labute approximate surface area is 72.7 Å². The zero-order valence-electron chi connectivity index (χ0n) is 7.45. The topological polar surface area (TPSA) is 46.5 Å². The van der Waals surface area contributed by atoms with E-state index in [-0.39, 0.29) is 12.0 Å². The van der Waals surface area contributed by atoms with Gasteiger partial charge >= 0.3 is 5.97 Å². The number of hydrogen-bond donors (Lipinski definition) is 1. The fourth-order valence-corrected chi connectivity index (χ4v) is 1.75. The third-order valence-corrected chi connectivity index (χ3v) is 2.56. The molecule has 1 aliphatic carbocycles. The predicted octanol–water partition coefficient (Wildman–Crippen LogP) is 1.67. The van der Waals surface area contributed by atoms with Gasteiger partial charge in [0.2, 0.25) is 0 Å². The molecule has 1 fully saturated rings. The first-order valence-electron chi connectivity index (χ1n) is 4.49. The average molecular weight is 172 g/mol. The van der Waals surface area contributed by atoms with Crippen LogP contribution in [-0.4, -0.2) is 24.3 Å². The van der Waals surface area contributed by atoms with Crippen LogP contribution < -0.4 is 0 Å². The van der Waals surface area contributed by atoms with Crippen molar-refractivity contribution in [2.75, 3.05) is 7.11 Å². The van der Waals surface area contributed by atoms with Gasteiger partial charge in [-0.2, -0.15) is 0 Å². The molecule has 0 saturated heterocycles. The van der Waals surface area contributed by atoms with Crippen molar-refractivity contribution in [1.82, 2.24) is 0 Å². The molecule has 0 bridgehead atoms. The molecule has 0 aromatic heterocycles. The molecule has 0 aromatic rings. The molecule has 1 rings (SSSR count). The molecule has 2 unspecified atom stereocenters. The minimum absolute atomic E-state index is 0.161. The minimum Gasteiger partial charge on any atom is -0.481 e. The molecular formula is C9H16O3. The summed E-state index contributed by atoms with van der Waals surface area (Å²) in [5.41, 5.74) is 0. The van der Waals surface area contributed by atoms with Crippen LogP contribution in [0, 0.1) is 5.92 Å². The van der Waals surface area contributed by atoms with E-state index in [1.807, 2.05) is 0 Å². The fraction of sp³-hybridized carbons (Fsp3) is 0.889. The molecule has 0 aromatic carbocycles. The van der Waals surface area contributed by atoms with E-state index in [0.29, 0.717) is 6.42 Å². The van der Waals surface area contributed by atoms with Crippen LogP contribution in [0.4, 0.5) is 0 Å². The second kappa shape index (κ2) is 4.45. The van der Waals surface area contributed by atoms with Gasteiger partial charge in [0.15, 0.2) is 0 Å². The van der Waals surface area contributed by atoms with E-state index < -0.39 is 5.97 Å². The molecule has 12 heavy (non-hydrogen) atoms. The third-order valence-electron chi connectivity index (χ3n) is 2.56. The summed E-state index contributed by atoms with van der Waals surface area (Å²) in [6, 6.07) is 0. The molecule has 0 amide bonds. The molecule has 3 heteroatoms. The summed E-state index contributed by atoms with van der Waals surface area (Å²) >= 11 is 0. The van der Waals surface area contributed by atoms with Gasteiger partial charge in [0.05, 0.1) is 12.0 Å². The van der Waals surface area contributed by atoms with Gasteiger partial charge in [-0.05, 0) is 19.3 Å². The molecule has 1 N–H and O–H groups in total. The van der Waals surface area contributed by atoms with Crippen molar-refractivity contribution in [1.29, 1.82) is 0 Å². The lowest BCUT2D eigenvalue weighted by atomic mass is 10.00. The zero-order valence-corrected chi connectivity index (χ0v) is 7.45. The van der Waals surface area contributed by atoms with Crippen molar-refractivity contribution in [2.24, 2.45) is 5.92 Å². The molecule has 70 valence electrons. The fourth-order valence-electron chi connectivity index (χ4n) is 1.75. The summed E-state index contributed by atoms with van der Waals surface area (Å²) in [4.78, 5) is 10.7. The largest absolute Gasteiger partial charge is 0.481 e. The highest BCUT2D eigenvalue weighted by atomic mass is 16.5. The zero-order chi connectivity index (χ0) is 8.97. The Hall–Kier alpha value is -0.570. The van der Waals surface area contributed by atoms with Crippen LogP contribution in [0.15, 0.2) is 0 Å². The van der Waals surface area contributed by atoms with Crippen LogP contribution in [-0.2, 0) is 9.53 Å². The van der Waals surface area contributed by atoms with Crippen molar-refractivity contribution in [3.05, 3.63) is 0 Å². The van der Waals surface area contributed by atoms with Crippen LogP contribution in [0.3, 0.4) is 0 Å². The molecular weight excluding hydrogens is 156 g/mol. The van der Waals surface area contributed by atoms with Crippen LogP contribution in [0.5, 0.6) is 0 Å². The van der Waals surface area contributed by atoms with Crippen LogP contribution in [0.2, 0.25) is 0 Å².